The summed E-state index contributed by atoms with van der Waals surface area (Å²) in [7, 11) is 0. The number of H-pyrrole nitrogens is 1. The van der Waals surface area contributed by atoms with E-state index in [1.165, 1.54) is 19.1 Å². The van der Waals surface area contributed by atoms with Crippen molar-refractivity contribution in [2.24, 2.45) is 0 Å². The third-order valence-electron chi connectivity index (χ3n) is 6.62. The summed E-state index contributed by atoms with van der Waals surface area (Å²) in [5, 5.41) is 20.5. The Morgan fingerprint density at radius 1 is 1.05 bits per heavy atom. The number of aromatic amines is 1. The number of non-ortho nitro benzene ring substituents is 1. The molecule has 0 radical (unpaired) electrons. The number of benzene rings is 3. The molecule has 3 aromatic carbocycles. The zero-order chi connectivity index (χ0) is 28.2. The minimum Gasteiger partial charge on any atom is -0.356 e. The number of anilines is 2. The molecular formula is C30H28N6O4. The molecule has 1 aromatic heterocycles. The van der Waals surface area contributed by atoms with Gasteiger partial charge in [0.15, 0.2) is 0 Å². The highest BCUT2D eigenvalue weighted by Gasteiger charge is 2.30. The van der Waals surface area contributed by atoms with E-state index < -0.39 is 4.92 Å². The summed E-state index contributed by atoms with van der Waals surface area (Å²) in [5.41, 5.74) is 6.08. The molecule has 0 atom stereocenters. The first kappa shape index (κ1) is 26.4. The molecule has 0 spiro atoms. The quantitative estimate of drug-likeness (QED) is 0.0990. The predicted molar refractivity (Wildman–Crippen MR) is 154 cm³/mol. The lowest BCUT2D eigenvalue weighted by Gasteiger charge is -2.16. The molecule has 0 saturated carbocycles. The number of amides is 2. The van der Waals surface area contributed by atoms with E-state index >= 15 is 0 Å². The molecule has 10 nitrogen and oxygen atoms in total. The molecule has 2 heterocycles. The van der Waals surface area contributed by atoms with Gasteiger partial charge in [0.25, 0.3) is 11.6 Å². The Bertz CT molecular complexity index is 1620. The van der Waals surface area contributed by atoms with E-state index in [0.29, 0.717) is 29.1 Å². The third-order valence-corrected chi connectivity index (χ3v) is 6.62. The number of fused-ring (bicyclic) bond motifs is 1. The summed E-state index contributed by atoms with van der Waals surface area (Å²) in [6.45, 7) is 3.98. The van der Waals surface area contributed by atoms with Gasteiger partial charge in [-0.05, 0) is 49.1 Å². The van der Waals surface area contributed by atoms with E-state index in [0.717, 1.165) is 46.7 Å². The lowest BCUT2D eigenvalue weighted by molar-refractivity contribution is -0.384. The van der Waals surface area contributed by atoms with Crippen molar-refractivity contribution in [2.75, 3.05) is 17.2 Å². The van der Waals surface area contributed by atoms with Crippen molar-refractivity contribution in [3.63, 3.8) is 0 Å². The maximum absolute atomic E-state index is 13.2. The number of hydrogen-bond acceptors (Lipinski definition) is 6. The van der Waals surface area contributed by atoms with Crippen molar-refractivity contribution in [1.82, 2.24) is 15.3 Å². The zero-order valence-electron chi connectivity index (χ0n) is 22.1. The fraction of sp³-hybridized carbons (Fsp3) is 0.167. The number of imidazole rings is 1. The van der Waals surface area contributed by atoms with Crippen LogP contribution in [0.1, 0.15) is 35.9 Å². The highest BCUT2D eigenvalue weighted by molar-refractivity contribution is 6.37. The highest BCUT2D eigenvalue weighted by atomic mass is 16.6. The Labute approximate surface area is 230 Å². The summed E-state index contributed by atoms with van der Waals surface area (Å²) in [6.07, 6.45) is 3.42. The number of carbonyl (C=O) groups is 2. The van der Waals surface area contributed by atoms with Crippen LogP contribution in [0.4, 0.5) is 17.1 Å². The second kappa shape index (κ2) is 11.2. The van der Waals surface area contributed by atoms with Crippen LogP contribution in [-0.2, 0) is 16.0 Å². The third kappa shape index (κ3) is 5.75. The van der Waals surface area contributed by atoms with Gasteiger partial charge in [0.2, 0.25) is 5.91 Å². The van der Waals surface area contributed by atoms with Gasteiger partial charge in [0.1, 0.15) is 5.82 Å². The first-order valence-electron chi connectivity index (χ1n) is 12.9. The minimum atomic E-state index is -0.473. The number of hydrogen-bond donors (Lipinski definition) is 4. The molecule has 4 N–H and O–H groups in total. The van der Waals surface area contributed by atoms with E-state index in [9.17, 15) is 19.7 Å². The zero-order valence-corrected chi connectivity index (χ0v) is 22.1. The van der Waals surface area contributed by atoms with Crippen molar-refractivity contribution < 1.29 is 14.5 Å². The molecule has 4 aromatic rings. The molecule has 5 rings (SSSR count). The van der Waals surface area contributed by atoms with Crippen LogP contribution in [0.5, 0.6) is 0 Å². The maximum atomic E-state index is 13.2. The number of rotatable bonds is 9. The van der Waals surface area contributed by atoms with Gasteiger partial charge in [0.05, 0.1) is 21.9 Å². The summed E-state index contributed by atoms with van der Waals surface area (Å²) in [4.78, 5) is 42.9. The van der Waals surface area contributed by atoms with Crippen molar-refractivity contribution in [2.45, 2.75) is 26.7 Å². The minimum absolute atomic E-state index is 0.0550. The van der Waals surface area contributed by atoms with Gasteiger partial charge in [-0.25, -0.2) is 4.98 Å². The monoisotopic (exact) mass is 536 g/mol. The van der Waals surface area contributed by atoms with Crippen molar-refractivity contribution in [3.05, 3.63) is 106 Å². The summed E-state index contributed by atoms with van der Waals surface area (Å²) in [5.74, 6) is 0.421. The molecule has 10 heteroatoms. The Morgan fingerprint density at radius 3 is 2.45 bits per heavy atom. The molecule has 1 aliphatic rings. The van der Waals surface area contributed by atoms with Gasteiger partial charge >= 0.3 is 0 Å². The smallest absolute Gasteiger partial charge is 0.270 e. The normalized spacial score (nSPS) is 13.4. The first-order chi connectivity index (χ1) is 19.3. The van der Waals surface area contributed by atoms with Gasteiger partial charge in [-0.3, -0.25) is 19.7 Å². The van der Waals surface area contributed by atoms with E-state index in [1.54, 1.807) is 6.07 Å². The maximum Gasteiger partial charge on any atom is 0.270 e. The predicted octanol–water partition coefficient (Wildman–Crippen LogP) is 5.29. The van der Waals surface area contributed by atoms with Crippen LogP contribution in [0.3, 0.4) is 0 Å². The lowest BCUT2D eigenvalue weighted by atomic mass is 9.98. The summed E-state index contributed by atoms with van der Waals surface area (Å²) >= 11 is 0. The molecule has 0 saturated heterocycles. The van der Waals surface area contributed by atoms with Gasteiger partial charge in [0, 0.05) is 54.3 Å². The lowest BCUT2D eigenvalue weighted by Crippen LogP contribution is -2.21. The van der Waals surface area contributed by atoms with Gasteiger partial charge in [-0.2, -0.15) is 0 Å². The number of carbonyl (C=O) groups excluding carboxylic acids is 2. The van der Waals surface area contributed by atoms with Crippen LogP contribution >= 0.6 is 0 Å². The summed E-state index contributed by atoms with van der Waals surface area (Å²) < 4.78 is 0. The molecule has 1 aliphatic heterocycles. The van der Waals surface area contributed by atoms with Crippen LogP contribution in [0, 0.1) is 17.0 Å². The van der Waals surface area contributed by atoms with E-state index in [-0.39, 0.29) is 17.5 Å². The van der Waals surface area contributed by atoms with Crippen LogP contribution in [-0.4, -0.2) is 33.3 Å². The number of nitro groups is 1. The molecule has 40 heavy (non-hydrogen) atoms. The SMILES string of the molecule is CC(=O)NCCCc1ccc(C(Nc2ccc(-c3c[nH]c(C)n3)cc2)=C2C(=O)Nc3ccc([N+](=O)[O-])cc32)cc1. The summed E-state index contributed by atoms with van der Waals surface area (Å²) in [6, 6.07) is 19.8. The van der Waals surface area contributed by atoms with Gasteiger partial charge in [-0.1, -0.05) is 36.4 Å². The highest BCUT2D eigenvalue weighted by Crippen LogP contribution is 2.39. The topological polar surface area (TPSA) is 142 Å². The number of aryl methyl sites for hydroxylation is 2. The second-order valence-corrected chi connectivity index (χ2v) is 9.55. The van der Waals surface area contributed by atoms with Crippen molar-refractivity contribution in [3.8, 4) is 11.3 Å². The first-order valence-corrected chi connectivity index (χ1v) is 12.9. The average Bonchev–Trinajstić information content (AvgIpc) is 3.52. The second-order valence-electron chi connectivity index (χ2n) is 9.55. The number of aromatic nitrogens is 2. The van der Waals surface area contributed by atoms with Crippen molar-refractivity contribution >= 4 is 40.1 Å². The molecule has 0 fully saturated rings. The molecule has 0 bridgehead atoms. The van der Waals surface area contributed by atoms with Crippen LogP contribution in [0.25, 0.3) is 22.5 Å². The van der Waals surface area contributed by atoms with Gasteiger partial charge in [-0.15, -0.1) is 0 Å². The van der Waals surface area contributed by atoms with Crippen LogP contribution < -0.4 is 16.0 Å². The number of nitro benzene ring substituents is 1. The Morgan fingerprint density at radius 2 is 1.80 bits per heavy atom. The fourth-order valence-electron chi connectivity index (χ4n) is 4.63. The average molecular weight is 537 g/mol. The number of nitrogens with one attached hydrogen (secondary N) is 4. The molecular weight excluding hydrogens is 508 g/mol. The van der Waals surface area contributed by atoms with E-state index in [1.807, 2.05) is 61.7 Å². The molecule has 0 unspecified atom stereocenters. The Hall–Kier alpha value is -5.25. The largest absolute Gasteiger partial charge is 0.356 e. The van der Waals surface area contributed by atoms with E-state index in [2.05, 4.69) is 25.9 Å². The Kier molecular flexibility index (Phi) is 7.41. The fourth-order valence-corrected chi connectivity index (χ4v) is 4.63. The van der Waals surface area contributed by atoms with E-state index in [4.69, 9.17) is 0 Å². The Balaban J connectivity index is 1.51. The molecule has 202 valence electrons. The molecule has 2 amide bonds. The van der Waals surface area contributed by atoms with Crippen LogP contribution in [0.2, 0.25) is 0 Å². The molecule has 0 aliphatic carbocycles. The standard InChI is InChI=1S/C30H28N6O4/c1-18-32-17-27(33-18)21-9-11-23(12-10-21)34-29(22-7-5-20(6-8-22)4-3-15-31-19(2)37)28-25-16-24(36(39)40)13-14-26(25)35-30(28)38/h5-14,16-17,34H,3-4,15H2,1-2H3,(H,31,37)(H,32,33)(H,35,38). The van der Waals surface area contributed by atoms with Gasteiger partial charge < -0.3 is 20.9 Å². The van der Waals surface area contributed by atoms with Crippen molar-refractivity contribution in [1.29, 1.82) is 0 Å². The van der Waals surface area contributed by atoms with Crippen LogP contribution in [0.15, 0.2) is 72.9 Å². The number of nitrogens with zero attached hydrogens (tertiary/aromatic N) is 2.